The van der Waals surface area contributed by atoms with Gasteiger partial charge in [-0.15, -0.1) is 0 Å². The van der Waals surface area contributed by atoms with E-state index in [0.29, 0.717) is 47.9 Å². The molecule has 0 aliphatic carbocycles. The van der Waals surface area contributed by atoms with Gasteiger partial charge in [0, 0.05) is 30.4 Å². The summed E-state index contributed by atoms with van der Waals surface area (Å²) < 4.78 is 36.7. The molecule has 2 aromatic carbocycles. The van der Waals surface area contributed by atoms with Gasteiger partial charge in [0.1, 0.15) is 11.5 Å². The number of carbonyl (C=O) groups is 1. The van der Waals surface area contributed by atoms with Crippen molar-refractivity contribution in [3.8, 4) is 11.1 Å². The summed E-state index contributed by atoms with van der Waals surface area (Å²) >= 11 is 5.58. The largest absolute Gasteiger partial charge is 0.482 e. The summed E-state index contributed by atoms with van der Waals surface area (Å²) in [7, 11) is -4.30. The van der Waals surface area contributed by atoms with Crippen molar-refractivity contribution in [3.63, 3.8) is 0 Å². The molecule has 0 saturated carbocycles. The number of sulfonamides is 1. The summed E-state index contributed by atoms with van der Waals surface area (Å²) in [5.74, 6) is 0.847. The summed E-state index contributed by atoms with van der Waals surface area (Å²) in [5.41, 5.74) is 10.5. The fraction of sp³-hybridized carbons (Fsp3) is 0.312. The zero-order chi connectivity index (χ0) is 31.0. The highest BCUT2D eigenvalue weighted by Gasteiger charge is 2.25. The molecule has 0 radical (unpaired) electrons. The van der Waals surface area contributed by atoms with Gasteiger partial charge in [-0.2, -0.15) is 0 Å². The second kappa shape index (κ2) is 14.4. The number of ether oxygens (including phenoxy) is 1. The molecule has 0 bridgehead atoms. The lowest BCUT2D eigenvalue weighted by Crippen LogP contribution is -2.35. The first-order valence-electron chi connectivity index (χ1n) is 14.3. The third-order valence-corrected chi connectivity index (χ3v) is 8.74. The van der Waals surface area contributed by atoms with Crippen molar-refractivity contribution in [2.24, 2.45) is 5.73 Å². The van der Waals surface area contributed by atoms with Crippen molar-refractivity contribution in [1.82, 2.24) is 19.3 Å². The summed E-state index contributed by atoms with van der Waals surface area (Å²) in [4.78, 5) is 20.9. The number of thiocarbonyl (C=S) groups is 1. The molecule has 3 N–H and O–H groups in total. The quantitative estimate of drug-likeness (QED) is 0.189. The van der Waals surface area contributed by atoms with E-state index in [1.54, 1.807) is 18.3 Å². The first-order valence-corrected chi connectivity index (χ1v) is 16.2. The summed E-state index contributed by atoms with van der Waals surface area (Å²) in [6, 6.07) is 17.5. The van der Waals surface area contributed by atoms with E-state index in [1.807, 2.05) is 71.7 Å². The van der Waals surface area contributed by atoms with E-state index < -0.39 is 16.1 Å². The van der Waals surface area contributed by atoms with Gasteiger partial charge in [0.25, 0.3) is 10.0 Å². The Hall–Kier alpha value is -4.09. The Bertz CT molecular complexity index is 1700. The molecule has 2 heterocycles. The molecule has 0 saturated heterocycles. The van der Waals surface area contributed by atoms with Crippen LogP contribution in [0.1, 0.15) is 60.7 Å². The maximum Gasteiger partial charge on any atom is 0.326 e. The van der Waals surface area contributed by atoms with Crippen LogP contribution in [-0.4, -0.2) is 40.6 Å². The molecule has 11 heteroatoms. The number of pyridine rings is 1. The molecule has 0 spiro atoms. The number of hydrogen-bond donors (Lipinski definition) is 2. The van der Waals surface area contributed by atoms with Gasteiger partial charge in [0.15, 0.2) is 0 Å². The number of benzene rings is 2. The normalized spacial score (nSPS) is 11.3. The lowest BCUT2D eigenvalue weighted by Gasteiger charge is -2.18. The SMILES string of the molecule is CCCCc1nc(C)c(C(=S)OCC)n1Cc1ccc(-c2ccccc2CCc2ccccn2)c(S(=O)(=O)NC(N)=O)c1. The van der Waals surface area contributed by atoms with Crippen molar-refractivity contribution >= 4 is 33.3 Å². The molecular weight excluding hydrogens is 583 g/mol. The Morgan fingerprint density at radius 1 is 1.02 bits per heavy atom. The molecule has 4 aromatic rings. The second-order valence-electron chi connectivity index (χ2n) is 10.2. The van der Waals surface area contributed by atoms with Crippen LogP contribution < -0.4 is 10.5 Å². The van der Waals surface area contributed by atoms with E-state index in [9.17, 15) is 13.2 Å². The van der Waals surface area contributed by atoms with Crippen LogP contribution in [0.3, 0.4) is 0 Å². The molecule has 0 aliphatic heterocycles. The number of nitrogens with zero attached hydrogens (tertiary/aromatic N) is 3. The number of carbonyl (C=O) groups excluding carboxylic acids is 1. The zero-order valence-corrected chi connectivity index (χ0v) is 26.3. The Balaban J connectivity index is 1.81. The number of hydrogen-bond acceptors (Lipinski definition) is 7. The predicted octanol–water partition coefficient (Wildman–Crippen LogP) is 5.50. The summed E-state index contributed by atoms with van der Waals surface area (Å²) in [6.45, 7) is 6.61. The van der Waals surface area contributed by atoms with Gasteiger partial charge in [0.05, 0.1) is 17.2 Å². The Morgan fingerprint density at radius 2 is 1.79 bits per heavy atom. The van der Waals surface area contributed by atoms with Crippen molar-refractivity contribution in [3.05, 3.63) is 101 Å². The van der Waals surface area contributed by atoms with Gasteiger partial charge < -0.3 is 15.0 Å². The maximum atomic E-state index is 13.5. The molecule has 0 atom stereocenters. The Kier molecular flexibility index (Phi) is 10.7. The van der Waals surface area contributed by atoms with Gasteiger partial charge in [-0.05, 0) is 80.2 Å². The van der Waals surface area contributed by atoms with E-state index in [2.05, 4.69) is 11.9 Å². The number of primary amides is 1. The highest BCUT2D eigenvalue weighted by atomic mass is 32.2. The van der Waals surface area contributed by atoms with Gasteiger partial charge in [0.2, 0.25) is 5.05 Å². The average Bonchev–Trinajstić information content (AvgIpc) is 3.29. The molecule has 4 rings (SSSR count). The summed E-state index contributed by atoms with van der Waals surface area (Å²) in [6.07, 6.45) is 5.75. The summed E-state index contributed by atoms with van der Waals surface area (Å²) in [5, 5.41) is 0.344. The van der Waals surface area contributed by atoms with Crippen LogP contribution >= 0.6 is 12.2 Å². The van der Waals surface area contributed by atoms with Crippen molar-refractivity contribution in [2.75, 3.05) is 6.61 Å². The van der Waals surface area contributed by atoms with Crippen molar-refractivity contribution in [1.29, 1.82) is 0 Å². The Morgan fingerprint density at radius 3 is 2.49 bits per heavy atom. The van der Waals surface area contributed by atoms with E-state index in [0.717, 1.165) is 47.6 Å². The molecule has 2 amide bonds. The predicted molar refractivity (Wildman–Crippen MR) is 171 cm³/mol. The Labute approximate surface area is 258 Å². The van der Waals surface area contributed by atoms with Gasteiger partial charge in [-0.25, -0.2) is 22.9 Å². The van der Waals surface area contributed by atoms with E-state index >= 15 is 0 Å². The first-order chi connectivity index (χ1) is 20.6. The molecular formula is C32H37N5O4S2. The highest BCUT2D eigenvalue weighted by Crippen LogP contribution is 2.32. The van der Waals surface area contributed by atoms with Crippen LogP contribution in [0.15, 0.2) is 71.8 Å². The fourth-order valence-electron chi connectivity index (χ4n) is 5.07. The number of amides is 2. The molecule has 0 aliphatic rings. The van der Waals surface area contributed by atoms with Crippen LogP contribution in [-0.2, 0) is 40.6 Å². The number of nitrogens with two attached hydrogens (primary N) is 1. The van der Waals surface area contributed by atoms with Gasteiger partial charge in [-0.1, -0.05) is 55.8 Å². The van der Waals surface area contributed by atoms with Crippen LogP contribution in [0.4, 0.5) is 4.79 Å². The third-order valence-electron chi connectivity index (χ3n) is 7.04. The standard InChI is InChI=1S/C32H37N5O4S2/c1-4-6-14-29-35-22(3)30(31(42)41-5-2)37(29)21-23-15-18-27(28(20-23)43(39,40)36-32(33)38)26-13-8-7-11-24(26)16-17-25-12-9-10-19-34-25/h7-13,15,18-20H,4-6,14,16-17,21H2,1-3H3,(H3,33,36,38). The molecule has 0 unspecified atom stereocenters. The number of nitrogens with one attached hydrogen (secondary N) is 1. The van der Waals surface area contributed by atoms with Gasteiger partial charge >= 0.3 is 6.03 Å². The number of aryl methyl sites for hydroxylation is 4. The topological polar surface area (TPSA) is 129 Å². The zero-order valence-electron chi connectivity index (χ0n) is 24.7. The van der Waals surface area contributed by atoms with E-state index in [4.69, 9.17) is 27.7 Å². The molecule has 43 heavy (non-hydrogen) atoms. The molecule has 0 fully saturated rings. The number of aromatic nitrogens is 3. The number of rotatable bonds is 13. The highest BCUT2D eigenvalue weighted by molar-refractivity contribution is 7.90. The van der Waals surface area contributed by atoms with Crippen LogP contribution in [0.25, 0.3) is 11.1 Å². The molecule has 9 nitrogen and oxygen atoms in total. The lowest BCUT2D eigenvalue weighted by molar-refractivity contribution is 0.253. The van der Waals surface area contributed by atoms with Crippen molar-refractivity contribution in [2.45, 2.75) is 64.3 Å². The first kappa shape index (κ1) is 31.8. The van der Waals surface area contributed by atoms with Crippen LogP contribution in [0.5, 0.6) is 0 Å². The number of imidazole rings is 1. The van der Waals surface area contributed by atoms with E-state index in [-0.39, 0.29) is 4.90 Å². The van der Waals surface area contributed by atoms with Crippen LogP contribution in [0, 0.1) is 6.92 Å². The smallest absolute Gasteiger partial charge is 0.326 e. The second-order valence-corrected chi connectivity index (χ2v) is 12.2. The van der Waals surface area contributed by atoms with Crippen molar-refractivity contribution < 1.29 is 17.9 Å². The van der Waals surface area contributed by atoms with Gasteiger partial charge in [-0.3, -0.25) is 4.98 Å². The molecule has 2 aromatic heterocycles. The fourth-order valence-corrected chi connectivity index (χ4v) is 6.60. The minimum Gasteiger partial charge on any atom is -0.482 e. The maximum absolute atomic E-state index is 13.5. The minimum atomic E-state index is -4.30. The number of urea groups is 1. The third kappa shape index (κ3) is 7.85. The molecule has 226 valence electrons. The monoisotopic (exact) mass is 619 g/mol. The van der Waals surface area contributed by atoms with E-state index in [1.165, 1.54) is 0 Å². The number of unbranched alkanes of at least 4 members (excludes halogenated alkanes) is 1. The lowest BCUT2D eigenvalue weighted by atomic mass is 9.95. The average molecular weight is 620 g/mol. The minimum absolute atomic E-state index is 0.0463. The van der Waals surface area contributed by atoms with Crippen LogP contribution in [0.2, 0.25) is 0 Å².